The number of likely N-dealkylation sites (N-methyl/N-ethyl adjacent to an activating group) is 1. The highest BCUT2D eigenvalue weighted by Crippen LogP contribution is 2.35. The number of H-pyrrole nitrogens is 1. The number of aromatic amines is 1. The first kappa shape index (κ1) is 20.1. The number of aryl methyl sites for hydroxylation is 2. The van der Waals surface area contributed by atoms with Crippen molar-refractivity contribution in [1.29, 1.82) is 0 Å². The third kappa shape index (κ3) is 3.96. The van der Waals surface area contributed by atoms with Crippen LogP contribution in [-0.2, 0) is 29.7 Å². The Morgan fingerprint density at radius 3 is 2.79 bits per heavy atom. The molecule has 1 amide bonds. The molecule has 0 unspecified atom stereocenters. The van der Waals surface area contributed by atoms with Crippen molar-refractivity contribution in [2.45, 2.75) is 56.6 Å². The van der Waals surface area contributed by atoms with Crippen LogP contribution >= 0.6 is 0 Å². The molecule has 1 aromatic heterocycles. The highest BCUT2D eigenvalue weighted by molar-refractivity contribution is 5.76. The van der Waals surface area contributed by atoms with Crippen molar-refractivity contribution >= 4 is 5.91 Å². The van der Waals surface area contributed by atoms with Crippen LogP contribution in [0.2, 0.25) is 0 Å². The van der Waals surface area contributed by atoms with Gasteiger partial charge in [-0.25, -0.2) is 0 Å². The van der Waals surface area contributed by atoms with Crippen LogP contribution in [0.4, 0.5) is 0 Å². The largest absolute Gasteiger partial charge is 0.383 e. The van der Waals surface area contributed by atoms with Gasteiger partial charge >= 0.3 is 0 Å². The number of piperidine rings is 1. The van der Waals surface area contributed by atoms with E-state index in [1.165, 1.54) is 24.1 Å². The number of nitrogens with zero attached hydrogens (tertiary/aromatic N) is 3. The lowest BCUT2D eigenvalue weighted by Crippen LogP contribution is -2.60. The molecule has 2 atom stereocenters. The monoisotopic (exact) mass is 396 g/mol. The molecule has 2 N–H and O–H groups in total. The molecule has 0 radical (unpaired) electrons. The van der Waals surface area contributed by atoms with E-state index in [-0.39, 0.29) is 11.9 Å². The van der Waals surface area contributed by atoms with Gasteiger partial charge in [-0.1, -0.05) is 30.3 Å². The van der Waals surface area contributed by atoms with Gasteiger partial charge in [0.2, 0.25) is 5.91 Å². The molecular weight excluding hydrogens is 364 g/mol. The maximum Gasteiger partial charge on any atom is 0.223 e. The number of hydrogen-bond donors (Lipinski definition) is 2. The molecule has 2 aliphatic rings. The van der Waals surface area contributed by atoms with E-state index in [0.717, 1.165) is 24.1 Å². The third-order valence-electron chi connectivity index (χ3n) is 6.67. The minimum Gasteiger partial charge on any atom is -0.383 e. The summed E-state index contributed by atoms with van der Waals surface area (Å²) < 4.78 is 0. The summed E-state index contributed by atoms with van der Waals surface area (Å²) >= 11 is 0. The van der Waals surface area contributed by atoms with E-state index in [9.17, 15) is 9.90 Å². The van der Waals surface area contributed by atoms with Crippen LogP contribution in [0.25, 0.3) is 0 Å². The molecule has 1 aliphatic carbocycles. The Hall–Kier alpha value is -2.18. The fraction of sp³-hybridized carbons (Fsp3) is 0.565. The molecule has 1 saturated heterocycles. The highest BCUT2D eigenvalue weighted by Gasteiger charge is 2.44. The second kappa shape index (κ2) is 8.28. The molecule has 0 spiro atoms. The third-order valence-corrected chi connectivity index (χ3v) is 6.67. The molecule has 2 heterocycles. The van der Waals surface area contributed by atoms with E-state index in [0.29, 0.717) is 32.4 Å². The van der Waals surface area contributed by atoms with E-state index in [1.54, 1.807) is 0 Å². The molecule has 2 aromatic rings. The Bertz CT molecular complexity index is 848. The van der Waals surface area contributed by atoms with Crippen LogP contribution in [-0.4, -0.2) is 64.2 Å². The molecular formula is C23H32N4O2. The van der Waals surface area contributed by atoms with Crippen LogP contribution in [0.5, 0.6) is 0 Å². The van der Waals surface area contributed by atoms with Crippen molar-refractivity contribution < 1.29 is 9.90 Å². The van der Waals surface area contributed by atoms with E-state index in [1.807, 2.05) is 54.2 Å². The highest BCUT2D eigenvalue weighted by atomic mass is 16.3. The van der Waals surface area contributed by atoms with Gasteiger partial charge < -0.3 is 14.9 Å². The Morgan fingerprint density at radius 1 is 1.28 bits per heavy atom. The van der Waals surface area contributed by atoms with Gasteiger partial charge in [0.25, 0.3) is 0 Å². The van der Waals surface area contributed by atoms with Crippen molar-refractivity contribution in [2.75, 3.05) is 27.2 Å². The molecule has 0 bridgehead atoms. The lowest BCUT2D eigenvalue weighted by atomic mass is 9.79. The predicted molar refractivity (Wildman–Crippen MR) is 113 cm³/mol. The molecule has 6 heteroatoms. The number of aliphatic hydroxyl groups is 1. The zero-order valence-electron chi connectivity index (χ0n) is 17.5. The lowest BCUT2D eigenvalue weighted by Gasteiger charge is -2.47. The number of nitrogens with one attached hydrogen (secondary N) is 1. The van der Waals surface area contributed by atoms with Crippen molar-refractivity contribution in [2.24, 2.45) is 0 Å². The van der Waals surface area contributed by atoms with Gasteiger partial charge in [-0.2, -0.15) is 5.10 Å². The van der Waals surface area contributed by atoms with Crippen LogP contribution in [0.15, 0.2) is 30.3 Å². The Kier molecular flexibility index (Phi) is 5.74. The van der Waals surface area contributed by atoms with Gasteiger partial charge in [0, 0.05) is 31.6 Å². The van der Waals surface area contributed by atoms with E-state index < -0.39 is 5.60 Å². The Labute approximate surface area is 172 Å². The number of fused-ring (bicyclic) bond motifs is 1. The minimum atomic E-state index is -0.942. The number of rotatable bonds is 5. The molecule has 1 fully saturated rings. The second-order valence-corrected chi connectivity index (χ2v) is 8.69. The van der Waals surface area contributed by atoms with Gasteiger partial charge in [-0.05, 0) is 57.3 Å². The van der Waals surface area contributed by atoms with Crippen molar-refractivity contribution in [1.82, 2.24) is 20.0 Å². The number of carbonyl (C=O) groups is 1. The van der Waals surface area contributed by atoms with E-state index in [4.69, 9.17) is 0 Å². The molecule has 156 valence electrons. The Morgan fingerprint density at radius 2 is 2.03 bits per heavy atom. The first-order chi connectivity index (χ1) is 14.0. The maximum absolute atomic E-state index is 13.0. The average molecular weight is 397 g/mol. The quantitative estimate of drug-likeness (QED) is 0.813. The van der Waals surface area contributed by atoms with Crippen molar-refractivity contribution in [3.8, 4) is 0 Å². The summed E-state index contributed by atoms with van der Waals surface area (Å²) in [6.45, 7) is 1.11. The first-order valence-corrected chi connectivity index (χ1v) is 10.8. The van der Waals surface area contributed by atoms with Crippen LogP contribution < -0.4 is 0 Å². The summed E-state index contributed by atoms with van der Waals surface area (Å²) in [6, 6.07) is 9.71. The number of amides is 1. The van der Waals surface area contributed by atoms with Gasteiger partial charge in [0.15, 0.2) is 0 Å². The zero-order chi connectivity index (χ0) is 20.4. The van der Waals surface area contributed by atoms with Crippen molar-refractivity contribution in [3.05, 3.63) is 52.8 Å². The number of aromatic nitrogens is 2. The second-order valence-electron chi connectivity index (χ2n) is 8.69. The van der Waals surface area contributed by atoms with Gasteiger partial charge in [-0.3, -0.25) is 9.89 Å². The normalized spacial score (nSPS) is 24.6. The van der Waals surface area contributed by atoms with Crippen molar-refractivity contribution in [3.63, 3.8) is 0 Å². The minimum absolute atomic E-state index is 0.138. The van der Waals surface area contributed by atoms with Crippen LogP contribution in [0.3, 0.4) is 0 Å². The van der Waals surface area contributed by atoms with Gasteiger partial charge in [-0.15, -0.1) is 0 Å². The van der Waals surface area contributed by atoms with Crippen LogP contribution in [0.1, 0.15) is 48.2 Å². The molecule has 4 rings (SSSR count). The summed E-state index contributed by atoms with van der Waals surface area (Å²) in [5, 5.41) is 19.1. The standard InChI is InChI=1S/C23H32N4O2/c1-26(2)21-16-27(15-14-23(21,29)17-8-4-3-5-9-17)22(28)13-12-20-18-10-6-7-11-19(18)24-25-20/h3-5,8-9,21,29H,6-7,10-16H2,1-2H3,(H,24,25)/t21-,23+/m1/s1. The van der Waals surface area contributed by atoms with Gasteiger partial charge in [0.1, 0.15) is 5.60 Å². The molecule has 1 aliphatic heterocycles. The summed E-state index contributed by atoms with van der Waals surface area (Å²) in [6.07, 6.45) is 6.29. The summed E-state index contributed by atoms with van der Waals surface area (Å²) in [5.74, 6) is 0.152. The summed E-state index contributed by atoms with van der Waals surface area (Å²) in [4.78, 5) is 16.9. The molecule has 1 aromatic carbocycles. The number of benzene rings is 1. The van der Waals surface area contributed by atoms with Gasteiger partial charge in [0.05, 0.1) is 11.7 Å². The number of likely N-dealkylation sites (tertiary alicyclic amines) is 1. The molecule has 6 nitrogen and oxygen atoms in total. The molecule has 29 heavy (non-hydrogen) atoms. The smallest absolute Gasteiger partial charge is 0.223 e. The lowest BCUT2D eigenvalue weighted by molar-refractivity contribution is -0.142. The summed E-state index contributed by atoms with van der Waals surface area (Å²) in [5.41, 5.74) is 3.65. The van der Waals surface area contributed by atoms with E-state index in [2.05, 4.69) is 10.2 Å². The maximum atomic E-state index is 13.0. The SMILES string of the molecule is CN(C)[C@@H]1CN(C(=O)CCc2n[nH]c3c2CCCC3)CC[C@]1(O)c1ccccc1. The fourth-order valence-corrected chi connectivity index (χ4v) is 4.94. The number of carbonyl (C=O) groups excluding carboxylic acids is 1. The fourth-order valence-electron chi connectivity index (χ4n) is 4.94. The van der Waals surface area contributed by atoms with E-state index >= 15 is 0 Å². The van der Waals surface area contributed by atoms with Crippen LogP contribution in [0, 0.1) is 0 Å². The number of hydrogen-bond acceptors (Lipinski definition) is 4. The Balaban J connectivity index is 1.42. The summed E-state index contributed by atoms with van der Waals surface area (Å²) in [7, 11) is 3.95. The average Bonchev–Trinajstić information content (AvgIpc) is 3.16. The molecule has 0 saturated carbocycles. The topological polar surface area (TPSA) is 72.5 Å². The predicted octanol–water partition coefficient (Wildman–Crippen LogP) is 2.27. The first-order valence-electron chi connectivity index (χ1n) is 10.8. The zero-order valence-corrected chi connectivity index (χ0v) is 17.5.